The zero-order valence-corrected chi connectivity index (χ0v) is 11.0. The number of hydrogen-bond acceptors (Lipinski definition) is 2. The van der Waals surface area contributed by atoms with Crippen LogP contribution in [0.3, 0.4) is 0 Å². The minimum atomic E-state index is 0.863. The van der Waals surface area contributed by atoms with Crippen molar-refractivity contribution in [2.75, 3.05) is 0 Å². The molecule has 0 unspecified atom stereocenters. The number of aromatic nitrogens is 2. The van der Waals surface area contributed by atoms with Crippen LogP contribution in [0.25, 0.3) is 28.7 Å². The van der Waals surface area contributed by atoms with Crippen molar-refractivity contribution in [1.29, 1.82) is 0 Å². The number of benzene rings is 1. The molecule has 0 spiro atoms. The highest BCUT2D eigenvalue weighted by Crippen LogP contribution is 2.23. The van der Waals surface area contributed by atoms with Gasteiger partial charge in [0, 0.05) is 11.8 Å². The molecule has 96 valence electrons. The van der Waals surface area contributed by atoms with Gasteiger partial charge in [0.25, 0.3) is 0 Å². The van der Waals surface area contributed by atoms with Crippen LogP contribution in [0.4, 0.5) is 0 Å². The van der Waals surface area contributed by atoms with Crippen molar-refractivity contribution in [2.45, 2.75) is 0 Å². The van der Waals surface area contributed by atoms with E-state index in [0.717, 1.165) is 28.2 Å². The first-order valence-electron chi connectivity index (χ1n) is 6.48. The summed E-state index contributed by atoms with van der Waals surface area (Å²) in [7, 11) is 0. The summed E-state index contributed by atoms with van der Waals surface area (Å²) in [6.45, 7) is 3.85. The lowest BCUT2D eigenvalue weighted by atomic mass is 10.1. The zero-order chi connectivity index (χ0) is 13.8. The van der Waals surface area contributed by atoms with Gasteiger partial charge in [-0.3, -0.25) is 4.98 Å². The second kappa shape index (κ2) is 5.49. The first-order valence-corrected chi connectivity index (χ1v) is 6.48. The highest BCUT2D eigenvalue weighted by molar-refractivity contribution is 5.69. The lowest BCUT2D eigenvalue weighted by Gasteiger charge is -2.07. The highest BCUT2D eigenvalue weighted by atomic mass is 14.8. The Kier molecular flexibility index (Phi) is 3.38. The lowest BCUT2D eigenvalue weighted by Crippen LogP contribution is -1.91. The van der Waals surface area contributed by atoms with Crippen LogP contribution in [0.1, 0.15) is 5.56 Å². The number of hydrogen-bond donors (Lipinski definition) is 0. The Labute approximate surface area is 118 Å². The van der Waals surface area contributed by atoms with Crippen LogP contribution in [0.2, 0.25) is 0 Å². The van der Waals surface area contributed by atoms with E-state index in [1.165, 1.54) is 0 Å². The summed E-state index contributed by atoms with van der Waals surface area (Å²) in [6, 6.07) is 20.0. The van der Waals surface area contributed by atoms with Gasteiger partial charge in [-0.05, 0) is 29.8 Å². The molecule has 0 amide bonds. The average Bonchev–Trinajstić information content (AvgIpc) is 2.56. The molecule has 0 radical (unpaired) electrons. The fourth-order valence-corrected chi connectivity index (χ4v) is 2.07. The maximum Gasteiger partial charge on any atom is 0.0899 e. The first-order chi connectivity index (χ1) is 9.86. The second-order valence-electron chi connectivity index (χ2n) is 4.46. The summed E-state index contributed by atoms with van der Waals surface area (Å²) in [5.41, 5.74) is 4.80. The van der Waals surface area contributed by atoms with Gasteiger partial charge in [-0.2, -0.15) is 0 Å². The van der Waals surface area contributed by atoms with Crippen molar-refractivity contribution in [2.24, 2.45) is 0 Å². The maximum atomic E-state index is 4.71. The molecule has 3 rings (SSSR count). The van der Waals surface area contributed by atoms with E-state index in [1.807, 2.05) is 54.6 Å². The molecule has 0 aliphatic carbocycles. The van der Waals surface area contributed by atoms with Crippen molar-refractivity contribution in [1.82, 2.24) is 9.97 Å². The highest BCUT2D eigenvalue weighted by Gasteiger charge is 2.06. The van der Waals surface area contributed by atoms with E-state index in [-0.39, 0.29) is 0 Å². The third kappa shape index (κ3) is 2.50. The number of nitrogens with zero attached hydrogens (tertiary/aromatic N) is 2. The fourth-order valence-electron chi connectivity index (χ4n) is 2.07. The van der Waals surface area contributed by atoms with Crippen LogP contribution in [-0.2, 0) is 0 Å². The van der Waals surface area contributed by atoms with Crippen molar-refractivity contribution in [3.8, 4) is 22.6 Å². The van der Waals surface area contributed by atoms with Gasteiger partial charge in [0.1, 0.15) is 0 Å². The summed E-state index contributed by atoms with van der Waals surface area (Å²) < 4.78 is 0. The van der Waals surface area contributed by atoms with Crippen LogP contribution in [-0.4, -0.2) is 9.97 Å². The Hall–Kier alpha value is -2.74. The molecule has 3 aromatic rings. The van der Waals surface area contributed by atoms with Gasteiger partial charge in [-0.25, -0.2) is 4.98 Å². The van der Waals surface area contributed by atoms with Crippen LogP contribution in [0.15, 0.2) is 73.4 Å². The summed E-state index contributed by atoms with van der Waals surface area (Å²) in [5.74, 6) is 0. The van der Waals surface area contributed by atoms with Crippen molar-refractivity contribution < 1.29 is 0 Å². The maximum absolute atomic E-state index is 4.71. The molecule has 2 aromatic heterocycles. The molecule has 20 heavy (non-hydrogen) atoms. The second-order valence-corrected chi connectivity index (χ2v) is 4.46. The van der Waals surface area contributed by atoms with E-state index in [2.05, 4.69) is 23.7 Å². The van der Waals surface area contributed by atoms with Crippen molar-refractivity contribution in [3.63, 3.8) is 0 Å². The summed E-state index contributed by atoms with van der Waals surface area (Å²) >= 11 is 0. The molecular weight excluding hydrogens is 244 g/mol. The normalized spacial score (nSPS) is 10.2. The molecule has 2 heteroatoms. The standard InChI is InChI=1S/C18H14N2/c1-2-14-12-17(15-8-4-3-5-9-15)20-18(13-14)16-10-6-7-11-19-16/h2-13H,1H2. The van der Waals surface area contributed by atoms with E-state index in [0.29, 0.717) is 0 Å². The molecule has 1 aromatic carbocycles. The summed E-state index contributed by atoms with van der Waals surface area (Å²) in [6.07, 6.45) is 3.61. The Morgan fingerprint density at radius 3 is 2.25 bits per heavy atom. The van der Waals surface area contributed by atoms with E-state index in [1.54, 1.807) is 6.20 Å². The third-order valence-electron chi connectivity index (χ3n) is 3.08. The van der Waals surface area contributed by atoms with Gasteiger partial charge in [0.05, 0.1) is 17.1 Å². The molecule has 0 aliphatic rings. The van der Waals surface area contributed by atoms with Gasteiger partial charge in [-0.1, -0.05) is 49.1 Å². The monoisotopic (exact) mass is 258 g/mol. The summed E-state index contributed by atoms with van der Waals surface area (Å²) in [4.78, 5) is 9.07. The summed E-state index contributed by atoms with van der Waals surface area (Å²) in [5, 5.41) is 0. The molecule has 2 heterocycles. The van der Waals surface area contributed by atoms with Crippen LogP contribution in [0.5, 0.6) is 0 Å². The van der Waals surface area contributed by atoms with Gasteiger partial charge in [-0.15, -0.1) is 0 Å². The van der Waals surface area contributed by atoms with Gasteiger partial charge in [0.15, 0.2) is 0 Å². The minimum absolute atomic E-state index is 0.863. The van der Waals surface area contributed by atoms with Crippen LogP contribution < -0.4 is 0 Å². The van der Waals surface area contributed by atoms with E-state index >= 15 is 0 Å². The van der Waals surface area contributed by atoms with Crippen LogP contribution >= 0.6 is 0 Å². The Morgan fingerprint density at radius 1 is 0.800 bits per heavy atom. The molecular formula is C18H14N2. The molecule has 0 saturated heterocycles. The van der Waals surface area contributed by atoms with Gasteiger partial charge in [0.2, 0.25) is 0 Å². The zero-order valence-electron chi connectivity index (χ0n) is 11.0. The molecule has 0 fully saturated rings. The molecule has 0 bridgehead atoms. The smallest absolute Gasteiger partial charge is 0.0899 e. The first kappa shape index (κ1) is 12.3. The number of pyridine rings is 2. The van der Waals surface area contributed by atoms with Crippen molar-refractivity contribution >= 4 is 6.08 Å². The number of rotatable bonds is 3. The Balaban J connectivity index is 2.15. The molecule has 0 N–H and O–H groups in total. The largest absolute Gasteiger partial charge is 0.255 e. The van der Waals surface area contributed by atoms with Gasteiger partial charge >= 0.3 is 0 Å². The Bertz CT molecular complexity index is 661. The van der Waals surface area contributed by atoms with E-state index < -0.39 is 0 Å². The molecule has 0 atom stereocenters. The van der Waals surface area contributed by atoms with Gasteiger partial charge < -0.3 is 0 Å². The molecule has 0 aliphatic heterocycles. The molecule has 2 nitrogen and oxygen atoms in total. The predicted octanol–water partition coefficient (Wildman–Crippen LogP) is 4.45. The third-order valence-corrected chi connectivity index (χ3v) is 3.08. The van der Waals surface area contributed by atoms with Crippen molar-refractivity contribution in [3.05, 3.63) is 79.0 Å². The topological polar surface area (TPSA) is 25.8 Å². The van der Waals surface area contributed by atoms with E-state index in [4.69, 9.17) is 4.98 Å². The minimum Gasteiger partial charge on any atom is -0.255 e. The lowest BCUT2D eigenvalue weighted by molar-refractivity contribution is 1.24. The van der Waals surface area contributed by atoms with E-state index in [9.17, 15) is 0 Å². The predicted molar refractivity (Wildman–Crippen MR) is 83.0 cm³/mol. The molecule has 0 saturated carbocycles. The van der Waals surface area contributed by atoms with Crippen LogP contribution in [0, 0.1) is 0 Å². The average molecular weight is 258 g/mol. The quantitative estimate of drug-likeness (QED) is 0.693. The SMILES string of the molecule is C=Cc1cc(-c2ccccc2)nc(-c2ccccn2)c1. The fraction of sp³-hybridized carbons (Fsp3) is 0. The Morgan fingerprint density at radius 2 is 1.55 bits per heavy atom.